The molecule has 2 atom stereocenters. The first-order valence-electron chi connectivity index (χ1n) is 12.2. The zero-order valence-corrected chi connectivity index (χ0v) is 21.5. The largest absolute Gasteiger partial charge is 0.463 e. The number of nitrogens with zero attached hydrogens (tertiary/aromatic N) is 2. The molecule has 0 fully saturated rings. The quantitative estimate of drug-likeness (QED) is 0.340. The number of benzene rings is 3. The van der Waals surface area contributed by atoms with Crippen LogP contribution in [0.2, 0.25) is 5.02 Å². The molecule has 0 spiro atoms. The van der Waals surface area contributed by atoms with E-state index in [0.717, 1.165) is 5.56 Å². The van der Waals surface area contributed by atoms with Crippen molar-refractivity contribution >= 4 is 40.8 Å². The molecule has 3 aromatic rings. The molecule has 0 aliphatic carbocycles. The predicted octanol–water partition coefficient (Wildman–Crippen LogP) is 6.34. The number of halogens is 2. The summed E-state index contributed by atoms with van der Waals surface area (Å²) in [7, 11) is 0. The van der Waals surface area contributed by atoms with Gasteiger partial charge in [-0.15, -0.1) is 0 Å². The molecule has 0 saturated carbocycles. The number of ether oxygens (including phenoxy) is 1. The molecular weight excluding hydrogens is 495 g/mol. The SMILES string of the molecule is CCC(=O)OCC1CC(N(C(=O)CC)c2ccc(Cl)cc2)c2ccccc2N1C(=O)c1ccc(F)cc1. The third-order valence-electron chi connectivity index (χ3n) is 6.44. The van der Waals surface area contributed by atoms with Gasteiger partial charge >= 0.3 is 5.97 Å². The maximum Gasteiger partial charge on any atom is 0.305 e. The fourth-order valence-electron chi connectivity index (χ4n) is 4.63. The van der Waals surface area contributed by atoms with Crippen molar-refractivity contribution in [2.75, 3.05) is 16.4 Å². The predicted molar refractivity (Wildman–Crippen MR) is 141 cm³/mol. The number of anilines is 2. The maximum absolute atomic E-state index is 13.7. The number of rotatable bonds is 7. The summed E-state index contributed by atoms with van der Waals surface area (Å²) in [4.78, 5) is 42.4. The molecule has 0 radical (unpaired) electrons. The highest BCUT2D eigenvalue weighted by Crippen LogP contribution is 2.43. The van der Waals surface area contributed by atoms with E-state index in [1.54, 1.807) is 47.9 Å². The van der Waals surface area contributed by atoms with Gasteiger partial charge in [0.25, 0.3) is 5.91 Å². The Balaban J connectivity index is 1.82. The summed E-state index contributed by atoms with van der Waals surface area (Å²) < 4.78 is 19.1. The van der Waals surface area contributed by atoms with Crippen LogP contribution in [-0.4, -0.2) is 30.4 Å². The summed E-state index contributed by atoms with van der Waals surface area (Å²) in [6.07, 6.45) is 0.800. The second kappa shape index (κ2) is 11.6. The minimum absolute atomic E-state index is 0.0424. The Kier molecular flexibility index (Phi) is 8.24. The number of hydrogen-bond donors (Lipinski definition) is 0. The molecule has 2 amide bonds. The first-order valence-corrected chi connectivity index (χ1v) is 12.6. The van der Waals surface area contributed by atoms with Crippen LogP contribution in [0.1, 0.15) is 55.1 Å². The molecule has 0 bridgehead atoms. The van der Waals surface area contributed by atoms with E-state index in [0.29, 0.717) is 28.4 Å². The zero-order chi connectivity index (χ0) is 26.5. The van der Waals surface area contributed by atoms with E-state index >= 15 is 0 Å². The molecule has 0 aromatic heterocycles. The first kappa shape index (κ1) is 26.4. The minimum Gasteiger partial charge on any atom is -0.463 e. The standard InChI is InChI=1S/C29H28ClFN2O4/c1-3-27(34)32(22-15-11-20(30)12-16-22)26-17-23(18-37-28(35)4-2)33(25-8-6-5-7-24(25)26)29(36)19-9-13-21(31)14-10-19/h5-16,23,26H,3-4,17-18H2,1-2H3. The van der Waals surface area contributed by atoms with Crippen molar-refractivity contribution in [2.24, 2.45) is 0 Å². The number of carbonyl (C=O) groups is 3. The van der Waals surface area contributed by atoms with Gasteiger partial charge in [-0.25, -0.2) is 4.39 Å². The first-order chi connectivity index (χ1) is 17.8. The molecule has 8 heteroatoms. The zero-order valence-electron chi connectivity index (χ0n) is 20.7. The molecule has 4 rings (SSSR count). The van der Waals surface area contributed by atoms with Crippen LogP contribution in [0.4, 0.5) is 15.8 Å². The lowest BCUT2D eigenvalue weighted by Gasteiger charge is -2.44. The Bertz CT molecular complexity index is 1280. The van der Waals surface area contributed by atoms with Crippen molar-refractivity contribution in [1.82, 2.24) is 0 Å². The maximum atomic E-state index is 13.7. The molecule has 3 aromatic carbocycles. The van der Waals surface area contributed by atoms with Gasteiger partial charge in [-0.1, -0.05) is 43.6 Å². The number of hydrogen-bond acceptors (Lipinski definition) is 4. The van der Waals surface area contributed by atoms with E-state index in [1.165, 1.54) is 24.3 Å². The van der Waals surface area contributed by atoms with E-state index in [2.05, 4.69) is 0 Å². The minimum atomic E-state index is -0.563. The highest BCUT2D eigenvalue weighted by atomic mass is 35.5. The van der Waals surface area contributed by atoms with Gasteiger partial charge in [-0.3, -0.25) is 14.4 Å². The van der Waals surface area contributed by atoms with Gasteiger partial charge in [0.15, 0.2) is 0 Å². The molecule has 1 aliphatic heterocycles. The van der Waals surface area contributed by atoms with Crippen LogP contribution < -0.4 is 9.80 Å². The monoisotopic (exact) mass is 522 g/mol. The Morgan fingerprint density at radius 2 is 1.65 bits per heavy atom. The Labute approximate surface area is 220 Å². The topological polar surface area (TPSA) is 66.9 Å². The van der Waals surface area contributed by atoms with Gasteiger partial charge in [0, 0.05) is 34.8 Å². The second-order valence-electron chi connectivity index (χ2n) is 8.78. The average molecular weight is 523 g/mol. The number of carbonyl (C=O) groups excluding carboxylic acids is 3. The van der Waals surface area contributed by atoms with E-state index < -0.39 is 17.9 Å². The van der Waals surface area contributed by atoms with E-state index in [4.69, 9.17) is 16.3 Å². The lowest BCUT2D eigenvalue weighted by molar-refractivity contribution is -0.143. The molecule has 1 heterocycles. The van der Waals surface area contributed by atoms with E-state index in [9.17, 15) is 18.8 Å². The Morgan fingerprint density at radius 3 is 2.30 bits per heavy atom. The van der Waals surface area contributed by atoms with Crippen LogP contribution in [0.5, 0.6) is 0 Å². The Morgan fingerprint density at radius 1 is 0.973 bits per heavy atom. The van der Waals surface area contributed by atoms with Crippen molar-refractivity contribution in [3.63, 3.8) is 0 Å². The third kappa shape index (κ3) is 5.67. The lowest BCUT2D eigenvalue weighted by atomic mass is 9.88. The van der Waals surface area contributed by atoms with Gasteiger partial charge in [-0.05, 0) is 66.6 Å². The molecule has 2 unspecified atom stereocenters. The van der Waals surface area contributed by atoms with Crippen LogP contribution in [0.15, 0.2) is 72.8 Å². The van der Waals surface area contributed by atoms with Crippen LogP contribution in [0, 0.1) is 5.82 Å². The van der Waals surface area contributed by atoms with E-state index in [-0.39, 0.29) is 37.2 Å². The van der Waals surface area contributed by atoms with Crippen LogP contribution in [0.3, 0.4) is 0 Å². The highest BCUT2D eigenvalue weighted by molar-refractivity contribution is 6.30. The second-order valence-corrected chi connectivity index (χ2v) is 9.21. The summed E-state index contributed by atoms with van der Waals surface area (Å²) >= 11 is 6.11. The summed E-state index contributed by atoms with van der Waals surface area (Å²) in [5.41, 5.74) is 2.38. The highest BCUT2D eigenvalue weighted by Gasteiger charge is 2.40. The number of fused-ring (bicyclic) bond motifs is 1. The molecule has 0 N–H and O–H groups in total. The van der Waals surface area contributed by atoms with Gasteiger partial charge in [0.1, 0.15) is 12.4 Å². The van der Waals surface area contributed by atoms with Gasteiger partial charge in [0.2, 0.25) is 5.91 Å². The molecule has 0 saturated heterocycles. The van der Waals surface area contributed by atoms with Crippen molar-refractivity contribution < 1.29 is 23.5 Å². The van der Waals surface area contributed by atoms with E-state index in [1.807, 2.05) is 24.3 Å². The molecule has 192 valence electrons. The molecule has 6 nitrogen and oxygen atoms in total. The molecular formula is C29H28ClFN2O4. The van der Waals surface area contributed by atoms with Crippen molar-refractivity contribution in [2.45, 2.75) is 45.2 Å². The summed E-state index contributed by atoms with van der Waals surface area (Å²) in [5.74, 6) is -1.27. The van der Waals surface area contributed by atoms with Gasteiger partial charge < -0.3 is 14.5 Å². The van der Waals surface area contributed by atoms with Gasteiger partial charge in [0.05, 0.1) is 12.1 Å². The number of para-hydroxylation sites is 1. The van der Waals surface area contributed by atoms with Crippen LogP contribution >= 0.6 is 11.6 Å². The normalized spacial score (nSPS) is 16.6. The summed E-state index contributed by atoms with van der Waals surface area (Å²) in [6, 6.07) is 18.8. The Hall–Kier alpha value is -3.71. The van der Waals surface area contributed by atoms with Crippen molar-refractivity contribution in [3.8, 4) is 0 Å². The summed E-state index contributed by atoms with van der Waals surface area (Å²) in [6.45, 7) is 3.45. The lowest BCUT2D eigenvalue weighted by Crippen LogP contribution is -2.51. The van der Waals surface area contributed by atoms with Crippen LogP contribution in [0.25, 0.3) is 0 Å². The van der Waals surface area contributed by atoms with Gasteiger partial charge in [-0.2, -0.15) is 0 Å². The third-order valence-corrected chi connectivity index (χ3v) is 6.69. The number of amides is 2. The molecule has 1 aliphatic rings. The fourth-order valence-corrected chi connectivity index (χ4v) is 4.76. The number of esters is 1. The summed E-state index contributed by atoms with van der Waals surface area (Å²) in [5, 5.41) is 0.553. The van der Waals surface area contributed by atoms with Crippen LogP contribution in [-0.2, 0) is 14.3 Å². The fraction of sp³-hybridized carbons (Fsp3) is 0.276. The average Bonchev–Trinajstić information content (AvgIpc) is 2.92. The van der Waals surface area contributed by atoms with Crippen molar-refractivity contribution in [1.29, 1.82) is 0 Å². The molecule has 37 heavy (non-hydrogen) atoms. The smallest absolute Gasteiger partial charge is 0.305 e. The van der Waals surface area contributed by atoms with Crippen molar-refractivity contribution in [3.05, 3.63) is 94.8 Å².